The Labute approximate surface area is 179 Å². The topological polar surface area (TPSA) is 57.7 Å². The number of anilines is 1. The highest BCUT2D eigenvalue weighted by Crippen LogP contribution is 2.26. The number of methoxy groups -OCH3 is 1. The van der Waals surface area contributed by atoms with Gasteiger partial charge in [0.15, 0.2) is 0 Å². The van der Waals surface area contributed by atoms with E-state index in [1.807, 2.05) is 12.1 Å². The van der Waals surface area contributed by atoms with Crippen LogP contribution in [0, 0.1) is 0 Å². The van der Waals surface area contributed by atoms with Crippen LogP contribution in [0.5, 0.6) is 5.75 Å². The fraction of sp³-hybridized carbons (Fsp3) is 0.429. The highest BCUT2D eigenvalue weighted by atomic mass is 32.2. The summed E-state index contributed by atoms with van der Waals surface area (Å²) in [7, 11) is 1.66. The maximum Gasteiger partial charge on any atom is 0.290 e. The van der Waals surface area contributed by atoms with Gasteiger partial charge in [-0.25, -0.2) is 4.98 Å². The normalized spacial score (nSPS) is 14.7. The van der Waals surface area contributed by atoms with Gasteiger partial charge in [-0.1, -0.05) is 0 Å². The number of rotatable bonds is 9. The van der Waals surface area contributed by atoms with Gasteiger partial charge in [0, 0.05) is 44.6 Å². The SMILES string of the molecule is COc1ccc(N2CCN(CCCNC(=O)c3cccnc3SC(F)F)CC2)cc1. The number of benzene rings is 1. The third-order valence-electron chi connectivity index (χ3n) is 4.96. The van der Waals surface area contributed by atoms with Crippen molar-refractivity contribution in [1.29, 1.82) is 0 Å². The summed E-state index contributed by atoms with van der Waals surface area (Å²) >= 11 is 0.291. The summed E-state index contributed by atoms with van der Waals surface area (Å²) in [5, 5.41) is 2.87. The molecule has 0 atom stereocenters. The Balaban J connectivity index is 1.38. The Morgan fingerprint density at radius 1 is 1.20 bits per heavy atom. The number of nitrogens with one attached hydrogen (secondary N) is 1. The van der Waals surface area contributed by atoms with Crippen molar-refractivity contribution in [3.05, 3.63) is 48.2 Å². The van der Waals surface area contributed by atoms with E-state index < -0.39 is 5.76 Å². The predicted molar refractivity (Wildman–Crippen MR) is 115 cm³/mol. The number of hydrogen-bond donors (Lipinski definition) is 1. The number of hydrogen-bond acceptors (Lipinski definition) is 6. The van der Waals surface area contributed by atoms with Crippen LogP contribution in [-0.2, 0) is 0 Å². The Bertz CT molecular complexity index is 815. The first-order chi connectivity index (χ1) is 14.6. The molecule has 0 bridgehead atoms. The number of amides is 1. The van der Waals surface area contributed by atoms with Crippen LogP contribution in [0.2, 0.25) is 0 Å². The second kappa shape index (κ2) is 11.1. The third-order valence-corrected chi connectivity index (χ3v) is 5.69. The number of nitrogens with zero attached hydrogens (tertiary/aromatic N) is 3. The summed E-state index contributed by atoms with van der Waals surface area (Å²) in [5.74, 6) is -2.12. The molecule has 30 heavy (non-hydrogen) atoms. The molecule has 0 aliphatic carbocycles. The molecule has 1 aromatic carbocycles. The van der Waals surface area contributed by atoms with Gasteiger partial charge in [-0.2, -0.15) is 8.78 Å². The van der Waals surface area contributed by atoms with Crippen molar-refractivity contribution in [3.63, 3.8) is 0 Å². The van der Waals surface area contributed by atoms with Crippen LogP contribution in [-0.4, -0.2) is 67.9 Å². The summed E-state index contributed by atoms with van der Waals surface area (Å²) in [6.45, 7) is 5.17. The van der Waals surface area contributed by atoms with E-state index in [1.165, 1.54) is 18.0 Å². The molecule has 0 unspecified atom stereocenters. The molecule has 6 nitrogen and oxygen atoms in total. The van der Waals surface area contributed by atoms with Gasteiger partial charge in [0.25, 0.3) is 11.7 Å². The lowest BCUT2D eigenvalue weighted by Crippen LogP contribution is -2.47. The fourth-order valence-corrected chi connectivity index (χ4v) is 3.94. The maximum absolute atomic E-state index is 12.6. The Morgan fingerprint density at radius 3 is 2.60 bits per heavy atom. The number of ether oxygens (including phenoxy) is 1. The maximum atomic E-state index is 12.6. The standard InChI is InChI=1S/C21H26F2N4O2S/c1-29-17-7-5-16(6-8-17)27-14-12-26(13-15-27)11-3-10-24-19(28)18-4-2-9-25-20(18)30-21(22)23/h2,4-9,21H,3,10-15H2,1H3,(H,24,28). The van der Waals surface area contributed by atoms with Crippen LogP contribution in [0.4, 0.5) is 14.5 Å². The van der Waals surface area contributed by atoms with Gasteiger partial charge in [0.1, 0.15) is 10.8 Å². The summed E-state index contributed by atoms with van der Waals surface area (Å²) < 4.78 is 30.4. The first kappa shape index (κ1) is 22.3. The van der Waals surface area contributed by atoms with Crippen LogP contribution >= 0.6 is 11.8 Å². The van der Waals surface area contributed by atoms with Crippen LogP contribution in [0.1, 0.15) is 16.8 Å². The zero-order chi connectivity index (χ0) is 21.3. The van der Waals surface area contributed by atoms with E-state index in [9.17, 15) is 13.6 Å². The van der Waals surface area contributed by atoms with Crippen LogP contribution in [0.3, 0.4) is 0 Å². The molecular weight excluding hydrogens is 410 g/mol. The molecule has 0 spiro atoms. The fourth-order valence-electron chi connectivity index (χ4n) is 3.36. The van der Waals surface area contributed by atoms with Gasteiger partial charge >= 0.3 is 0 Å². The number of thioether (sulfide) groups is 1. The summed E-state index contributed by atoms with van der Waals surface area (Å²) in [5.41, 5.74) is 1.38. The van der Waals surface area contributed by atoms with Gasteiger partial charge in [-0.15, -0.1) is 0 Å². The lowest BCUT2D eigenvalue weighted by Gasteiger charge is -2.36. The molecule has 1 amide bonds. The van der Waals surface area contributed by atoms with Crippen molar-refractivity contribution >= 4 is 23.4 Å². The Kier molecular flexibility index (Phi) is 8.27. The van der Waals surface area contributed by atoms with Crippen LogP contribution in [0.25, 0.3) is 0 Å². The molecule has 1 aliphatic heterocycles. The minimum Gasteiger partial charge on any atom is -0.497 e. The molecule has 9 heteroatoms. The van der Waals surface area contributed by atoms with Crippen molar-refractivity contribution < 1.29 is 18.3 Å². The minimum atomic E-state index is -2.61. The van der Waals surface area contributed by atoms with Crippen LogP contribution in [0.15, 0.2) is 47.6 Å². The highest BCUT2D eigenvalue weighted by molar-refractivity contribution is 7.99. The number of halogens is 2. The second-order valence-corrected chi connectivity index (χ2v) is 7.85. The smallest absolute Gasteiger partial charge is 0.290 e. The van der Waals surface area contributed by atoms with Gasteiger partial charge < -0.3 is 15.0 Å². The largest absolute Gasteiger partial charge is 0.497 e. The van der Waals surface area contributed by atoms with Crippen molar-refractivity contribution in [2.24, 2.45) is 0 Å². The summed E-state index contributed by atoms with van der Waals surface area (Å²) in [4.78, 5) is 20.9. The molecule has 162 valence electrons. The van der Waals surface area contributed by atoms with Crippen molar-refractivity contribution in [2.45, 2.75) is 17.2 Å². The van der Waals surface area contributed by atoms with Gasteiger partial charge in [0.05, 0.1) is 12.7 Å². The van der Waals surface area contributed by atoms with Crippen molar-refractivity contribution in [2.75, 3.05) is 51.3 Å². The zero-order valence-corrected chi connectivity index (χ0v) is 17.7. The molecule has 1 aromatic heterocycles. The number of aromatic nitrogens is 1. The number of piperazine rings is 1. The van der Waals surface area contributed by atoms with Crippen LogP contribution < -0.4 is 15.0 Å². The van der Waals surface area contributed by atoms with Crippen molar-refractivity contribution in [1.82, 2.24) is 15.2 Å². The molecule has 1 fully saturated rings. The van der Waals surface area contributed by atoms with E-state index in [4.69, 9.17) is 4.74 Å². The molecule has 1 saturated heterocycles. The Morgan fingerprint density at radius 2 is 1.93 bits per heavy atom. The molecule has 0 saturated carbocycles. The summed E-state index contributed by atoms with van der Waals surface area (Å²) in [6.07, 6.45) is 2.21. The molecule has 0 radical (unpaired) electrons. The summed E-state index contributed by atoms with van der Waals surface area (Å²) in [6, 6.07) is 11.2. The molecule has 1 aliphatic rings. The lowest BCUT2D eigenvalue weighted by atomic mass is 10.2. The second-order valence-electron chi connectivity index (χ2n) is 6.87. The monoisotopic (exact) mass is 436 g/mol. The molecule has 3 rings (SSSR count). The van der Waals surface area contributed by atoms with E-state index in [1.54, 1.807) is 13.2 Å². The molecule has 2 heterocycles. The number of pyridine rings is 1. The van der Waals surface area contributed by atoms with E-state index >= 15 is 0 Å². The first-order valence-corrected chi connectivity index (χ1v) is 10.7. The van der Waals surface area contributed by atoms with E-state index in [0.29, 0.717) is 18.3 Å². The average Bonchev–Trinajstić information content (AvgIpc) is 2.77. The average molecular weight is 437 g/mol. The van der Waals surface area contributed by atoms with E-state index in [0.717, 1.165) is 44.9 Å². The quantitative estimate of drug-likeness (QED) is 0.481. The van der Waals surface area contributed by atoms with E-state index in [2.05, 4.69) is 32.2 Å². The molecule has 1 N–H and O–H groups in total. The van der Waals surface area contributed by atoms with E-state index in [-0.39, 0.29) is 16.5 Å². The van der Waals surface area contributed by atoms with Gasteiger partial charge in [0.2, 0.25) is 0 Å². The highest BCUT2D eigenvalue weighted by Gasteiger charge is 2.18. The predicted octanol–water partition coefficient (Wildman–Crippen LogP) is 3.35. The molecular formula is C21H26F2N4O2S. The van der Waals surface area contributed by atoms with Crippen molar-refractivity contribution in [3.8, 4) is 5.75 Å². The number of carbonyl (C=O) groups excluding carboxylic acids is 1. The zero-order valence-electron chi connectivity index (χ0n) is 16.9. The Hall–Kier alpha value is -2.39. The lowest BCUT2D eigenvalue weighted by molar-refractivity contribution is 0.0947. The number of alkyl halides is 2. The third kappa shape index (κ3) is 6.30. The van der Waals surface area contributed by atoms with Gasteiger partial charge in [-0.3, -0.25) is 9.69 Å². The first-order valence-electron chi connectivity index (χ1n) is 9.86. The molecule has 2 aromatic rings. The van der Waals surface area contributed by atoms with Gasteiger partial charge in [-0.05, 0) is 61.1 Å². The number of carbonyl (C=O) groups is 1. The minimum absolute atomic E-state index is 0.0552.